The summed E-state index contributed by atoms with van der Waals surface area (Å²) >= 11 is 0. The van der Waals surface area contributed by atoms with Gasteiger partial charge in [0.05, 0.1) is 12.3 Å². The van der Waals surface area contributed by atoms with Crippen LogP contribution in [0, 0.1) is 11.3 Å². The minimum Gasteiger partial charge on any atom is -0.494 e. The summed E-state index contributed by atoms with van der Waals surface area (Å²) in [6.45, 7) is 8.76. The molecule has 8 heteroatoms. The molecule has 2 aromatic carbocycles. The van der Waals surface area contributed by atoms with Gasteiger partial charge >= 0.3 is 6.03 Å². The standard InChI is InChI=1S/C28H35N3O5/c1-5-35-20-10-12-21(13-11-20)36-23-9-7-6-8-22(23)29-24(32)18-31-25(33)28(30-26(31)34)16-14-19(15-17-28)27(2,3)4/h6-13,19H,5,14-18H2,1-4H3,(H,29,32)(H,30,34). The van der Waals surface area contributed by atoms with E-state index in [-0.39, 0.29) is 17.9 Å². The molecule has 1 saturated heterocycles. The average Bonchev–Trinajstić information content (AvgIpc) is 3.05. The Labute approximate surface area is 212 Å². The van der Waals surface area contributed by atoms with E-state index in [0.29, 0.717) is 42.6 Å². The average molecular weight is 494 g/mol. The molecule has 4 rings (SSSR count). The first kappa shape index (κ1) is 25.5. The number of hydrogen-bond donors (Lipinski definition) is 2. The third-order valence-corrected chi connectivity index (χ3v) is 7.14. The van der Waals surface area contributed by atoms with Crippen molar-refractivity contribution in [1.29, 1.82) is 0 Å². The maximum atomic E-state index is 13.2. The largest absolute Gasteiger partial charge is 0.494 e. The molecule has 1 heterocycles. The molecule has 2 aliphatic rings. The molecule has 192 valence electrons. The minimum atomic E-state index is -0.895. The zero-order valence-electron chi connectivity index (χ0n) is 21.4. The second-order valence-electron chi connectivity index (χ2n) is 10.6. The topological polar surface area (TPSA) is 97.0 Å². The predicted octanol–water partition coefficient (Wildman–Crippen LogP) is 5.34. The lowest BCUT2D eigenvalue weighted by Gasteiger charge is -2.40. The van der Waals surface area contributed by atoms with Crippen molar-refractivity contribution in [2.75, 3.05) is 18.5 Å². The summed E-state index contributed by atoms with van der Waals surface area (Å²) in [5.41, 5.74) is -0.287. The van der Waals surface area contributed by atoms with Crippen LogP contribution in [-0.4, -0.2) is 41.4 Å². The van der Waals surface area contributed by atoms with Crippen molar-refractivity contribution in [2.45, 2.75) is 58.9 Å². The van der Waals surface area contributed by atoms with Gasteiger partial charge in [0, 0.05) is 0 Å². The zero-order valence-corrected chi connectivity index (χ0v) is 21.4. The quantitative estimate of drug-likeness (QED) is 0.507. The summed E-state index contributed by atoms with van der Waals surface area (Å²) in [5.74, 6) is 1.49. The second-order valence-corrected chi connectivity index (χ2v) is 10.6. The van der Waals surface area contributed by atoms with E-state index in [1.807, 2.05) is 19.1 Å². The highest BCUT2D eigenvalue weighted by atomic mass is 16.5. The van der Waals surface area contributed by atoms with Crippen molar-refractivity contribution in [3.63, 3.8) is 0 Å². The number of urea groups is 1. The smallest absolute Gasteiger partial charge is 0.325 e. The Morgan fingerprint density at radius 2 is 1.69 bits per heavy atom. The highest BCUT2D eigenvalue weighted by Gasteiger charge is 2.53. The lowest BCUT2D eigenvalue weighted by atomic mass is 9.67. The van der Waals surface area contributed by atoms with Gasteiger partial charge in [-0.05, 0) is 80.3 Å². The number of nitrogens with one attached hydrogen (secondary N) is 2. The number of ether oxygens (including phenoxy) is 2. The van der Waals surface area contributed by atoms with Crippen molar-refractivity contribution in [3.8, 4) is 17.2 Å². The highest BCUT2D eigenvalue weighted by Crippen LogP contribution is 2.43. The van der Waals surface area contributed by atoms with Crippen LogP contribution in [0.3, 0.4) is 0 Å². The SMILES string of the molecule is CCOc1ccc(Oc2ccccc2NC(=O)CN2C(=O)NC3(CCC(C(C)(C)C)CC3)C2=O)cc1. The Balaban J connectivity index is 1.39. The van der Waals surface area contributed by atoms with E-state index in [1.54, 1.807) is 36.4 Å². The summed E-state index contributed by atoms with van der Waals surface area (Å²) in [4.78, 5) is 39.8. The van der Waals surface area contributed by atoms with Gasteiger partial charge < -0.3 is 20.1 Å². The molecule has 1 aliphatic carbocycles. The van der Waals surface area contributed by atoms with Gasteiger partial charge in [0.25, 0.3) is 5.91 Å². The van der Waals surface area contributed by atoms with E-state index >= 15 is 0 Å². The molecular weight excluding hydrogens is 458 g/mol. The molecule has 1 aliphatic heterocycles. The summed E-state index contributed by atoms with van der Waals surface area (Å²) in [7, 11) is 0. The van der Waals surface area contributed by atoms with Crippen LogP contribution in [0.1, 0.15) is 53.4 Å². The fourth-order valence-electron chi connectivity index (χ4n) is 5.03. The molecule has 0 aromatic heterocycles. The summed E-state index contributed by atoms with van der Waals surface area (Å²) < 4.78 is 11.4. The number of nitrogens with zero attached hydrogens (tertiary/aromatic N) is 1. The fraction of sp³-hybridized carbons (Fsp3) is 0.464. The number of imide groups is 1. The number of hydrogen-bond acceptors (Lipinski definition) is 5. The zero-order chi connectivity index (χ0) is 25.9. The van der Waals surface area contributed by atoms with Gasteiger partial charge in [-0.15, -0.1) is 0 Å². The van der Waals surface area contributed by atoms with E-state index in [9.17, 15) is 14.4 Å². The van der Waals surface area contributed by atoms with Crippen molar-refractivity contribution in [1.82, 2.24) is 10.2 Å². The van der Waals surface area contributed by atoms with E-state index in [1.165, 1.54) is 0 Å². The number of carbonyl (C=O) groups is 3. The summed E-state index contributed by atoms with van der Waals surface area (Å²) in [6.07, 6.45) is 2.92. The third-order valence-electron chi connectivity index (χ3n) is 7.14. The molecule has 0 unspecified atom stereocenters. The number of benzene rings is 2. The number of carbonyl (C=O) groups excluding carboxylic acids is 3. The van der Waals surface area contributed by atoms with Gasteiger partial charge in [0.2, 0.25) is 5.91 Å². The molecule has 4 amide bonds. The molecule has 2 N–H and O–H groups in total. The molecule has 36 heavy (non-hydrogen) atoms. The van der Waals surface area contributed by atoms with Gasteiger partial charge in [-0.25, -0.2) is 4.79 Å². The number of anilines is 1. The van der Waals surface area contributed by atoms with Crippen molar-refractivity contribution in [3.05, 3.63) is 48.5 Å². The van der Waals surface area contributed by atoms with Crippen LogP contribution >= 0.6 is 0 Å². The number of amides is 4. The first-order valence-corrected chi connectivity index (χ1v) is 12.5. The maximum Gasteiger partial charge on any atom is 0.325 e. The number of rotatable bonds is 7. The molecule has 2 fully saturated rings. The van der Waals surface area contributed by atoms with E-state index in [2.05, 4.69) is 31.4 Å². The van der Waals surface area contributed by atoms with Gasteiger partial charge in [-0.2, -0.15) is 0 Å². The van der Waals surface area contributed by atoms with Gasteiger partial charge in [-0.3, -0.25) is 14.5 Å². The Hall–Kier alpha value is -3.55. The lowest BCUT2D eigenvalue weighted by Crippen LogP contribution is -2.50. The van der Waals surface area contributed by atoms with Crippen LogP contribution in [-0.2, 0) is 9.59 Å². The van der Waals surface area contributed by atoms with Crippen molar-refractivity contribution in [2.24, 2.45) is 11.3 Å². The highest BCUT2D eigenvalue weighted by molar-refractivity contribution is 6.10. The molecule has 0 bridgehead atoms. The van der Waals surface area contributed by atoms with Crippen LogP contribution < -0.4 is 20.1 Å². The second kappa shape index (κ2) is 10.2. The monoisotopic (exact) mass is 493 g/mol. The molecule has 0 radical (unpaired) electrons. The fourth-order valence-corrected chi connectivity index (χ4v) is 5.03. The Kier molecular flexibility index (Phi) is 7.24. The first-order chi connectivity index (χ1) is 17.1. The first-order valence-electron chi connectivity index (χ1n) is 12.5. The molecule has 1 saturated carbocycles. The Morgan fingerprint density at radius 1 is 1.06 bits per heavy atom. The van der Waals surface area contributed by atoms with E-state index < -0.39 is 17.5 Å². The van der Waals surface area contributed by atoms with Gasteiger partial charge in [-0.1, -0.05) is 32.9 Å². The molecule has 1 spiro atoms. The van der Waals surface area contributed by atoms with E-state index in [0.717, 1.165) is 23.5 Å². The normalized spacial score (nSPS) is 21.9. The molecular formula is C28H35N3O5. The van der Waals surface area contributed by atoms with Crippen molar-refractivity contribution >= 4 is 23.5 Å². The van der Waals surface area contributed by atoms with Crippen LogP contribution in [0.25, 0.3) is 0 Å². The maximum absolute atomic E-state index is 13.2. The molecule has 8 nitrogen and oxygen atoms in total. The Morgan fingerprint density at radius 3 is 2.33 bits per heavy atom. The van der Waals surface area contributed by atoms with Crippen LogP contribution in [0.15, 0.2) is 48.5 Å². The summed E-state index contributed by atoms with van der Waals surface area (Å²) in [6, 6.07) is 13.7. The Bertz CT molecular complexity index is 1110. The predicted molar refractivity (Wildman–Crippen MR) is 137 cm³/mol. The van der Waals surface area contributed by atoms with E-state index in [4.69, 9.17) is 9.47 Å². The van der Waals surface area contributed by atoms with Gasteiger partial charge in [0.15, 0.2) is 5.75 Å². The molecule has 0 atom stereocenters. The van der Waals surface area contributed by atoms with Gasteiger partial charge in [0.1, 0.15) is 23.6 Å². The van der Waals surface area contributed by atoms with Crippen LogP contribution in [0.5, 0.6) is 17.2 Å². The van der Waals surface area contributed by atoms with Crippen LogP contribution in [0.2, 0.25) is 0 Å². The number of para-hydroxylation sites is 2. The minimum absolute atomic E-state index is 0.160. The summed E-state index contributed by atoms with van der Waals surface area (Å²) in [5, 5.41) is 5.68. The molecule has 2 aromatic rings. The lowest BCUT2D eigenvalue weighted by molar-refractivity contribution is -0.135. The van der Waals surface area contributed by atoms with Crippen molar-refractivity contribution < 1.29 is 23.9 Å². The van der Waals surface area contributed by atoms with Crippen LogP contribution in [0.4, 0.5) is 10.5 Å². The third kappa shape index (κ3) is 5.48.